The molecule has 0 unspecified atom stereocenters. The molecule has 0 atom stereocenters. The molecule has 1 aromatic carbocycles. The third-order valence-corrected chi connectivity index (χ3v) is 3.61. The minimum Gasteiger partial charge on any atom is -0.491 e. The van der Waals surface area contributed by atoms with Crippen molar-refractivity contribution in [2.75, 3.05) is 25.7 Å². The first kappa shape index (κ1) is 18.3. The topological polar surface area (TPSA) is 18.5 Å². The molecule has 1 rings (SSSR count). The van der Waals surface area contributed by atoms with Crippen LogP contribution in [0.25, 0.3) is 0 Å². The van der Waals surface area contributed by atoms with Gasteiger partial charge in [0, 0.05) is 5.88 Å². The van der Waals surface area contributed by atoms with Gasteiger partial charge in [0.2, 0.25) is 0 Å². The molecule has 0 aromatic heterocycles. The van der Waals surface area contributed by atoms with E-state index in [1.54, 1.807) is 0 Å². The molecule has 0 aliphatic rings. The van der Waals surface area contributed by atoms with E-state index in [9.17, 15) is 0 Å². The van der Waals surface area contributed by atoms with Crippen LogP contribution in [0.3, 0.4) is 0 Å². The molecule has 1 aromatic rings. The van der Waals surface area contributed by atoms with Crippen molar-refractivity contribution >= 4 is 11.6 Å². The number of halogens is 1. The van der Waals surface area contributed by atoms with Gasteiger partial charge in [-0.3, -0.25) is 0 Å². The standard InChI is InChI=1S/C18H29ClO2/c1-2-3-4-5-6-7-8-17-9-11-18(12-10-17)21-16-15-20-14-13-19/h9-12H,2-8,13-16H2,1H3. The van der Waals surface area contributed by atoms with Crippen LogP contribution in [0.2, 0.25) is 0 Å². The maximum absolute atomic E-state index is 5.61. The molecule has 120 valence electrons. The van der Waals surface area contributed by atoms with E-state index in [1.165, 1.54) is 50.5 Å². The van der Waals surface area contributed by atoms with Crippen LogP contribution in [0.5, 0.6) is 5.75 Å². The van der Waals surface area contributed by atoms with E-state index in [0.717, 1.165) is 5.75 Å². The molecule has 0 amide bonds. The van der Waals surface area contributed by atoms with E-state index >= 15 is 0 Å². The van der Waals surface area contributed by atoms with Gasteiger partial charge < -0.3 is 9.47 Å². The maximum Gasteiger partial charge on any atom is 0.119 e. The van der Waals surface area contributed by atoms with Gasteiger partial charge in [0.05, 0.1) is 13.2 Å². The third-order valence-electron chi connectivity index (χ3n) is 3.46. The highest BCUT2D eigenvalue weighted by atomic mass is 35.5. The fourth-order valence-electron chi connectivity index (χ4n) is 2.24. The lowest BCUT2D eigenvalue weighted by molar-refractivity contribution is 0.111. The van der Waals surface area contributed by atoms with E-state index in [1.807, 2.05) is 12.1 Å². The third kappa shape index (κ3) is 9.76. The zero-order valence-electron chi connectivity index (χ0n) is 13.3. The van der Waals surface area contributed by atoms with E-state index in [2.05, 4.69) is 19.1 Å². The molecule has 0 spiro atoms. The molecular formula is C18H29ClO2. The van der Waals surface area contributed by atoms with Crippen molar-refractivity contribution in [3.8, 4) is 5.75 Å². The summed E-state index contributed by atoms with van der Waals surface area (Å²) in [5.74, 6) is 1.45. The molecule has 0 fully saturated rings. The SMILES string of the molecule is CCCCCCCCc1ccc(OCCOCCCl)cc1. The molecule has 0 N–H and O–H groups in total. The summed E-state index contributed by atoms with van der Waals surface area (Å²) in [7, 11) is 0. The Labute approximate surface area is 134 Å². The fraction of sp³-hybridized carbons (Fsp3) is 0.667. The Hall–Kier alpha value is -0.730. The van der Waals surface area contributed by atoms with Crippen molar-refractivity contribution in [1.29, 1.82) is 0 Å². The van der Waals surface area contributed by atoms with Crippen molar-refractivity contribution in [2.45, 2.75) is 51.9 Å². The number of rotatable bonds is 13. The second-order valence-corrected chi connectivity index (χ2v) is 5.69. The molecule has 0 radical (unpaired) electrons. The summed E-state index contributed by atoms with van der Waals surface area (Å²) in [5, 5.41) is 0. The zero-order chi connectivity index (χ0) is 15.2. The van der Waals surface area contributed by atoms with E-state index in [-0.39, 0.29) is 0 Å². The van der Waals surface area contributed by atoms with Crippen LogP contribution in [0.15, 0.2) is 24.3 Å². The minimum atomic E-state index is 0.535. The lowest BCUT2D eigenvalue weighted by atomic mass is 10.0. The normalized spacial score (nSPS) is 10.8. The Kier molecular flexibility index (Phi) is 11.3. The summed E-state index contributed by atoms with van der Waals surface area (Å²) < 4.78 is 10.9. The number of unbranched alkanes of at least 4 members (excludes halogenated alkanes) is 5. The highest BCUT2D eigenvalue weighted by Crippen LogP contribution is 2.15. The predicted molar refractivity (Wildman–Crippen MR) is 90.6 cm³/mol. The quantitative estimate of drug-likeness (QED) is 0.367. The average molecular weight is 313 g/mol. The second kappa shape index (κ2) is 13.0. The smallest absolute Gasteiger partial charge is 0.119 e. The van der Waals surface area contributed by atoms with Crippen LogP contribution >= 0.6 is 11.6 Å². The first-order chi connectivity index (χ1) is 10.4. The number of ether oxygens (including phenoxy) is 2. The van der Waals surface area contributed by atoms with Gasteiger partial charge in [-0.25, -0.2) is 0 Å². The summed E-state index contributed by atoms with van der Waals surface area (Å²) in [6, 6.07) is 8.43. The van der Waals surface area contributed by atoms with Crippen molar-refractivity contribution in [3.05, 3.63) is 29.8 Å². The first-order valence-electron chi connectivity index (χ1n) is 8.22. The Balaban J connectivity index is 2.09. The Morgan fingerprint density at radius 1 is 0.857 bits per heavy atom. The Bertz CT molecular complexity index is 338. The van der Waals surface area contributed by atoms with E-state index in [0.29, 0.717) is 25.7 Å². The highest BCUT2D eigenvalue weighted by molar-refractivity contribution is 6.17. The zero-order valence-corrected chi connectivity index (χ0v) is 14.0. The Morgan fingerprint density at radius 2 is 1.57 bits per heavy atom. The molecule has 0 saturated heterocycles. The molecule has 2 nitrogen and oxygen atoms in total. The molecule has 0 saturated carbocycles. The van der Waals surface area contributed by atoms with Gasteiger partial charge in [0.25, 0.3) is 0 Å². The van der Waals surface area contributed by atoms with Gasteiger partial charge in [-0.1, -0.05) is 51.2 Å². The number of aryl methyl sites for hydroxylation is 1. The monoisotopic (exact) mass is 312 g/mol. The maximum atomic E-state index is 5.61. The summed E-state index contributed by atoms with van der Waals surface area (Å²) in [4.78, 5) is 0. The first-order valence-corrected chi connectivity index (χ1v) is 8.75. The van der Waals surface area contributed by atoms with Gasteiger partial charge in [-0.15, -0.1) is 11.6 Å². The summed E-state index contributed by atoms with van der Waals surface area (Å²) in [6.07, 6.45) is 9.25. The highest BCUT2D eigenvalue weighted by Gasteiger charge is 1.97. The van der Waals surface area contributed by atoms with E-state index < -0.39 is 0 Å². The van der Waals surface area contributed by atoms with Gasteiger partial charge in [0.15, 0.2) is 0 Å². The van der Waals surface area contributed by atoms with Crippen molar-refractivity contribution in [2.24, 2.45) is 0 Å². The van der Waals surface area contributed by atoms with Crippen molar-refractivity contribution in [1.82, 2.24) is 0 Å². The number of hydrogen-bond acceptors (Lipinski definition) is 2. The molecular weight excluding hydrogens is 284 g/mol. The second-order valence-electron chi connectivity index (χ2n) is 5.31. The lowest BCUT2D eigenvalue weighted by Crippen LogP contribution is -2.07. The predicted octanol–water partition coefficient (Wildman–Crippen LogP) is 5.22. The van der Waals surface area contributed by atoms with Crippen LogP contribution in [0.4, 0.5) is 0 Å². The molecule has 21 heavy (non-hydrogen) atoms. The van der Waals surface area contributed by atoms with Crippen LogP contribution in [0.1, 0.15) is 51.0 Å². The number of alkyl halides is 1. The van der Waals surface area contributed by atoms with Crippen molar-refractivity contribution in [3.63, 3.8) is 0 Å². The van der Waals surface area contributed by atoms with Crippen LogP contribution in [-0.2, 0) is 11.2 Å². The van der Waals surface area contributed by atoms with Crippen LogP contribution in [-0.4, -0.2) is 25.7 Å². The van der Waals surface area contributed by atoms with Crippen LogP contribution in [0, 0.1) is 0 Å². The van der Waals surface area contributed by atoms with Gasteiger partial charge in [0.1, 0.15) is 12.4 Å². The van der Waals surface area contributed by atoms with Gasteiger partial charge >= 0.3 is 0 Å². The Morgan fingerprint density at radius 3 is 2.29 bits per heavy atom. The van der Waals surface area contributed by atoms with Crippen LogP contribution < -0.4 is 4.74 Å². The molecule has 0 heterocycles. The van der Waals surface area contributed by atoms with E-state index in [4.69, 9.17) is 21.1 Å². The van der Waals surface area contributed by atoms with Gasteiger partial charge in [-0.2, -0.15) is 0 Å². The lowest BCUT2D eigenvalue weighted by Gasteiger charge is -2.07. The largest absolute Gasteiger partial charge is 0.491 e. The summed E-state index contributed by atoms with van der Waals surface area (Å²) in [5.41, 5.74) is 1.40. The van der Waals surface area contributed by atoms with Gasteiger partial charge in [-0.05, 0) is 30.5 Å². The van der Waals surface area contributed by atoms with Crippen molar-refractivity contribution < 1.29 is 9.47 Å². The number of benzene rings is 1. The fourth-order valence-corrected chi connectivity index (χ4v) is 2.35. The molecule has 0 aliphatic carbocycles. The number of hydrogen-bond donors (Lipinski definition) is 0. The summed E-state index contributed by atoms with van der Waals surface area (Å²) >= 11 is 5.53. The minimum absolute atomic E-state index is 0.535. The summed E-state index contributed by atoms with van der Waals surface area (Å²) in [6.45, 7) is 4.01. The molecule has 0 aliphatic heterocycles. The molecule has 0 bridgehead atoms. The average Bonchev–Trinajstić information content (AvgIpc) is 2.52. The molecule has 3 heteroatoms.